The average Bonchev–Trinajstić information content (AvgIpc) is 3.32. The molecule has 2 heterocycles. The summed E-state index contributed by atoms with van der Waals surface area (Å²) >= 11 is 0. The van der Waals surface area contributed by atoms with E-state index in [-0.39, 0.29) is 30.7 Å². The van der Waals surface area contributed by atoms with E-state index in [0.717, 1.165) is 5.75 Å². The van der Waals surface area contributed by atoms with Crippen LogP contribution in [0.1, 0.15) is 17.0 Å². The van der Waals surface area contributed by atoms with Crippen molar-refractivity contribution in [2.24, 2.45) is 0 Å². The number of nitrogens with one attached hydrogen (secondary N) is 1. The Labute approximate surface area is 180 Å². The number of ketones is 1. The Balaban J connectivity index is 1.31. The van der Waals surface area contributed by atoms with E-state index in [2.05, 4.69) is 5.32 Å². The van der Waals surface area contributed by atoms with Crippen LogP contribution in [0.3, 0.4) is 0 Å². The molecule has 1 N–H and O–H groups in total. The molecule has 1 fully saturated rings. The average molecular weight is 420 g/mol. The van der Waals surface area contributed by atoms with E-state index in [0.29, 0.717) is 37.0 Å². The topological polar surface area (TPSA) is 81.0 Å². The van der Waals surface area contributed by atoms with Crippen molar-refractivity contribution in [1.29, 1.82) is 0 Å². The molecule has 31 heavy (non-hydrogen) atoms. The molecular weight excluding hydrogens is 396 g/mol. The van der Waals surface area contributed by atoms with Gasteiger partial charge in [-0.2, -0.15) is 0 Å². The number of nitrogens with zero attached hydrogens (tertiary/aromatic N) is 1. The molecule has 3 aromatic rings. The quantitative estimate of drug-likeness (QED) is 0.555. The number of benzene rings is 2. The monoisotopic (exact) mass is 420 g/mol. The number of anilines is 1. The highest BCUT2D eigenvalue weighted by Crippen LogP contribution is 2.23. The standard InChI is InChI=1S/C24H24N2O5/c27-22(23-7-4-13-30-23)15-19-17-29-14-12-26(19)16-24(28)25-18-8-10-21(11-9-18)31-20-5-2-1-3-6-20/h1-11,13,19H,12,14-17H2,(H,25,28)/t19-/m1/s1. The maximum atomic E-state index is 12.6. The Morgan fingerprint density at radius 1 is 1.00 bits per heavy atom. The Morgan fingerprint density at radius 2 is 1.77 bits per heavy atom. The SMILES string of the molecule is O=C(CN1CCOC[C@H]1CC(=O)c1ccco1)Nc1ccc(Oc2ccccc2)cc1. The van der Waals surface area contributed by atoms with E-state index in [9.17, 15) is 9.59 Å². The van der Waals surface area contributed by atoms with E-state index < -0.39 is 0 Å². The molecule has 0 aliphatic carbocycles. The first kappa shape index (κ1) is 20.8. The molecule has 1 aliphatic rings. The fourth-order valence-corrected chi connectivity index (χ4v) is 3.45. The zero-order valence-electron chi connectivity index (χ0n) is 17.0. The van der Waals surface area contributed by atoms with Crippen molar-refractivity contribution in [2.45, 2.75) is 12.5 Å². The highest BCUT2D eigenvalue weighted by molar-refractivity contribution is 5.94. The molecule has 160 valence electrons. The molecule has 1 saturated heterocycles. The fourth-order valence-electron chi connectivity index (χ4n) is 3.45. The van der Waals surface area contributed by atoms with Gasteiger partial charge in [0, 0.05) is 24.7 Å². The lowest BCUT2D eigenvalue weighted by Crippen LogP contribution is -2.49. The Morgan fingerprint density at radius 3 is 2.52 bits per heavy atom. The summed E-state index contributed by atoms with van der Waals surface area (Å²) in [6.07, 6.45) is 1.72. The van der Waals surface area contributed by atoms with Crippen LogP contribution in [0.2, 0.25) is 0 Å². The van der Waals surface area contributed by atoms with Crippen LogP contribution in [0.25, 0.3) is 0 Å². The van der Waals surface area contributed by atoms with Gasteiger partial charge in [0.15, 0.2) is 11.5 Å². The summed E-state index contributed by atoms with van der Waals surface area (Å²) in [7, 11) is 0. The maximum Gasteiger partial charge on any atom is 0.238 e. The third-order valence-corrected chi connectivity index (χ3v) is 5.03. The molecule has 7 heteroatoms. The number of ether oxygens (including phenoxy) is 2. The molecule has 7 nitrogen and oxygen atoms in total. The Kier molecular flexibility index (Phi) is 6.76. The van der Waals surface area contributed by atoms with Gasteiger partial charge in [0.05, 0.1) is 26.0 Å². The van der Waals surface area contributed by atoms with Gasteiger partial charge in [-0.15, -0.1) is 0 Å². The van der Waals surface area contributed by atoms with Crippen molar-refractivity contribution in [2.75, 3.05) is 31.6 Å². The molecule has 1 amide bonds. The summed E-state index contributed by atoms with van der Waals surface area (Å²) < 4.78 is 16.5. The lowest BCUT2D eigenvalue weighted by molar-refractivity contribution is -0.119. The summed E-state index contributed by atoms with van der Waals surface area (Å²) in [5.74, 6) is 1.53. The van der Waals surface area contributed by atoms with Gasteiger partial charge in [-0.25, -0.2) is 0 Å². The smallest absolute Gasteiger partial charge is 0.238 e. The molecule has 4 rings (SSSR count). The highest BCUT2D eigenvalue weighted by Gasteiger charge is 2.28. The molecule has 0 unspecified atom stereocenters. The largest absolute Gasteiger partial charge is 0.461 e. The van der Waals surface area contributed by atoms with Crippen molar-refractivity contribution in [3.63, 3.8) is 0 Å². The van der Waals surface area contributed by atoms with Crippen LogP contribution in [-0.2, 0) is 9.53 Å². The van der Waals surface area contributed by atoms with Crippen LogP contribution in [0.5, 0.6) is 11.5 Å². The van der Waals surface area contributed by atoms with Gasteiger partial charge in [-0.3, -0.25) is 14.5 Å². The molecule has 0 radical (unpaired) electrons. The van der Waals surface area contributed by atoms with Crippen molar-refractivity contribution < 1.29 is 23.5 Å². The molecule has 0 spiro atoms. The van der Waals surface area contributed by atoms with Gasteiger partial charge in [0.1, 0.15) is 11.5 Å². The van der Waals surface area contributed by atoms with Crippen molar-refractivity contribution in [3.8, 4) is 11.5 Å². The molecule has 1 aromatic heterocycles. The van der Waals surface area contributed by atoms with Crippen LogP contribution in [-0.4, -0.2) is 48.9 Å². The van der Waals surface area contributed by atoms with Gasteiger partial charge in [0.2, 0.25) is 5.91 Å². The van der Waals surface area contributed by atoms with Gasteiger partial charge >= 0.3 is 0 Å². The number of amides is 1. The second kappa shape index (κ2) is 10.1. The molecule has 0 bridgehead atoms. The van der Waals surface area contributed by atoms with E-state index in [1.54, 1.807) is 24.3 Å². The Bertz CT molecular complexity index is 987. The second-order valence-corrected chi connectivity index (χ2v) is 7.29. The number of hydrogen-bond acceptors (Lipinski definition) is 6. The molecule has 2 aromatic carbocycles. The zero-order chi connectivity index (χ0) is 21.5. The molecule has 1 atom stereocenters. The summed E-state index contributed by atoms with van der Waals surface area (Å²) in [5.41, 5.74) is 0.682. The van der Waals surface area contributed by atoms with Gasteiger partial charge in [-0.05, 0) is 48.5 Å². The predicted octanol–water partition coefficient (Wildman–Crippen LogP) is 3.98. The first-order chi connectivity index (χ1) is 15.2. The lowest BCUT2D eigenvalue weighted by atomic mass is 10.1. The van der Waals surface area contributed by atoms with Gasteiger partial charge < -0.3 is 19.2 Å². The van der Waals surface area contributed by atoms with Crippen LogP contribution in [0.4, 0.5) is 5.69 Å². The first-order valence-electron chi connectivity index (χ1n) is 10.2. The highest BCUT2D eigenvalue weighted by atomic mass is 16.5. The minimum absolute atomic E-state index is 0.0973. The van der Waals surface area contributed by atoms with Crippen molar-refractivity contribution in [3.05, 3.63) is 78.8 Å². The summed E-state index contributed by atoms with van der Waals surface area (Å²) in [4.78, 5) is 26.9. The first-order valence-corrected chi connectivity index (χ1v) is 10.2. The predicted molar refractivity (Wildman–Crippen MR) is 115 cm³/mol. The fraction of sp³-hybridized carbons (Fsp3) is 0.250. The second-order valence-electron chi connectivity index (χ2n) is 7.29. The third-order valence-electron chi connectivity index (χ3n) is 5.03. The number of carbonyl (C=O) groups excluding carboxylic acids is 2. The molecule has 1 aliphatic heterocycles. The summed E-state index contributed by atoms with van der Waals surface area (Å²) in [6.45, 7) is 1.71. The number of morpholine rings is 1. The van der Waals surface area contributed by atoms with E-state index in [1.165, 1.54) is 6.26 Å². The normalized spacial score (nSPS) is 16.6. The van der Waals surface area contributed by atoms with Gasteiger partial charge in [-0.1, -0.05) is 18.2 Å². The minimum Gasteiger partial charge on any atom is -0.461 e. The van der Waals surface area contributed by atoms with Crippen LogP contribution >= 0.6 is 0 Å². The van der Waals surface area contributed by atoms with Crippen molar-refractivity contribution >= 4 is 17.4 Å². The third kappa shape index (κ3) is 5.81. The Hall–Kier alpha value is -3.42. The van der Waals surface area contributed by atoms with Gasteiger partial charge in [0.25, 0.3) is 0 Å². The van der Waals surface area contributed by atoms with Crippen LogP contribution in [0, 0.1) is 0 Å². The molecular formula is C24H24N2O5. The lowest BCUT2D eigenvalue weighted by Gasteiger charge is -2.34. The minimum atomic E-state index is -0.168. The van der Waals surface area contributed by atoms with E-state index in [4.69, 9.17) is 13.9 Å². The number of rotatable bonds is 8. The van der Waals surface area contributed by atoms with Crippen LogP contribution in [0.15, 0.2) is 77.4 Å². The summed E-state index contributed by atoms with van der Waals surface area (Å²) in [6, 6.07) is 19.9. The number of hydrogen-bond donors (Lipinski definition) is 1. The van der Waals surface area contributed by atoms with Crippen LogP contribution < -0.4 is 10.1 Å². The van der Waals surface area contributed by atoms with E-state index in [1.807, 2.05) is 47.4 Å². The maximum absolute atomic E-state index is 12.6. The number of Topliss-reactive ketones (excluding diaryl/α,β-unsaturated/α-hetero) is 1. The number of furan rings is 1. The van der Waals surface area contributed by atoms with E-state index >= 15 is 0 Å². The van der Waals surface area contributed by atoms with Crippen molar-refractivity contribution in [1.82, 2.24) is 4.90 Å². The summed E-state index contributed by atoms with van der Waals surface area (Å²) in [5, 5.41) is 2.90. The zero-order valence-corrected chi connectivity index (χ0v) is 17.0. The number of carbonyl (C=O) groups is 2. The number of para-hydroxylation sites is 1. The molecule has 0 saturated carbocycles.